The summed E-state index contributed by atoms with van der Waals surface area (Å²) in [6.07, 6.45) is -3.28. The summed E-state index contributed by atoms with van der Waals surface area (Å²) in [5, 5.41) is 29.6. The largest absolute Gasteiger partial charge is 0.790 e. The second-order valence-corrected chi connectivity index (χ2v) is 7.18. The van der Waals surface area contributed by atoms with Crippen LogP contribution < -0.4 is 20.8 Å². The molecule has 1 aliphatic rings. The average Bonchev–Trinajstić information content (AvgIpc) is 3.13. The number of ether oxygens (including phenoxy) is 1. The molecule has 162 valence electrons. The number of nitrogen functional groups attached to an aromatic ring is 1. The fraction of sp³-hybridized carbons (Fsp3) is 0.538. The van der Waals surface area contributed by atoms with E-state index in [1.165, 1.54) is 0 Å². The number of hydrogen-bond acceptors (Lipinski definition) is 11. The maximum Gasteiger partial charge on any atom is 0.326 e. The van der Waals surface area contributed by atoms with Gasteiger partial charge in [-0.05, 0) is 0 Å². The van der Waals surface area contributed by atoms with Gasteiger partial charge in [0.1, 0.15) is 24.2 Å². The Labute approximate surface area is 162 Å². The summed E-state index contributed by atoms with van der Waals surface area (Å²) in [4.78, 5) is 58.7. The first-order valence-electron chi connectivity index (χ1n) is 7.97. The molecule has 0 saturated carbocycles. The number of phosphoric acid groups is 1. The van der Waals surface area contributed by atoms with Gasteiger partial charge in [-0.2, -0.15) is 0 Å². The highest BCUT2D eigenvalue weighted by atomic mass is 31.2. The summed E-state index contributed by atoms with van der Waals surface area (Å²) in [5.41, 5.74) is 5.40. The summed E-state index contributed by atoms with van der Waals surface area (Å²) in [5.74, 6) is -4.34. The van der Waals surface area contributed by atoms with E-state index < -0.39 is 68.9 Å². The highest BCUT2D eigenvalue weighted by molar-refractivity contribution is 7.43. The van der Waals surface area contributed by atoms with E-state index >= 15 is 0 Å². The van der Waals surface area contributed by atoms with Crippen LogP contribution in [0.25, 0.3) is 0 Å². The van der Waals surface area contributed by atoms with E-state index in [9.17, 15) is 33.8 Å². The third-order valence-corrected chi connectivity index (χ3v) is 4.41. The molecule has 0 bridgehead atoms. The van der Waals surface area contributed by atoms with Crippen LogP contribution in [0.4, 0.5) is 5.82 Å². The van der Waals surface area contributed by atoms with E-state index in [1.807, 2.05) is 5.32 Å². The second-order valence-electron chi connectivity index (χ2n) is 6.02. The molecule has 16 heteroatoms. The molecule has 0 spiro atoms. The molecule has 1 aromatic rings. The summed E-state index contributed by atoms with van der Waals surface area (Å²) in [6.45, 7) is -0.723. The molecule has 0 aromatic carbocycles. The zero-order valence-corrected chi connectivity index (χ0v) is 15.4. The number of rotatable bonds is 9. The van der Waals surface area contributed by atoms with Crippen molar-refractivity contribution < 1.29 is 53.3 Å². The first kappa shape index (κ1) is 22.7. The van der Waals surface area contributed by atoms with Crippen molar-refractivity contribution in [3.63, 3.8) is 0 Å². The van der Waals surface area contributed by atoms with Crippen molar-refractivity contribution in [3.8, 4) is 0 Å². The fourth-order valence-corrected chi connectivity index (χ4v) is 2.91. The lowest BCUT2D eigenvalue weighted by Crippen LogP contribution is -2.42. The van der Waals surface area contributed by atoms with Crippen molar-refractivity contribution in [2.75, 3.05) is 12.3 Å². The van der Waals surface area contributed by atoms with Crippen LogP contribution in [0, 0.1) is 0 Å². The molecule has 1 amide bonds. The first-order valence-corrected chi connectivity index (χ1v) is 9.43. The Morgan fingerprint density at radius 2 is 2.10 bits per heavy atom. The van der Waals surface area contributed by atoms with Crippen LogP contribution in [-0.4, -0.2) is 67.6 Å². The molecule has 0 radical (unpaired) electrons. The van der Waals surface area contributed by atoms with E-state index in [4.69, 9.17) is 20.7 Å². The molecule has 4 atom stereocenters. The number of nitrogens with one attached hydrogen (secondary N) is 1. The smallest absolute Gasteiger partial charge is 0.326 e. The van der Waals surface area contributed by atoms with Gasteiger partial charge in [0.25, 0.3) is 5.91 Å². The number of phosphoric ester groups is 1. The minimum Gasteiger partial charge on any atom is -0.790 e. The maximum atomic E-state index is 12.2. The molecular weight excluding hydrogens is 419 g/mol. The Hall–Kier alpha value is -2.55. The second kappa shape index (κ2) is 8.86. The number of carbonyl (C=O) groups excluding carboxylic acids is 1. The van der Waals surface area contributed by atoms with Crippen molar-refractivity contribution in [3.05, 3.63) is 12.0 Å². The van der Waals surface area contributed by atoms with Gasteiger partial charge in [-0.25, -0.2) is 9.78 Å². The Morgan fingerprint density at radius 3 is 2.66 bits per heavy atom. The molecule has 15 nitrogen and oxygen atoms in total. The normalized spacial score (nSPS) is 22.9. The molecule has 2 rings (SSSR count). The Balaban J connectivity index is 2.08. The minimum atomic E-state index is -5.26. The van der Waals surface area contributed by atoms with E-state index in [0.29, 0.717) is 0 Å². The summed E-state index contributed by atoms with van der Waals surface area (Å²) >= 11 is 0. The van der Waals surface area contributed by atoms with Crippen molar-refractivity contribution >= 4 is 31.5 Å². The number of anilines is 1. The van der Waals surface area contributed by atoms with Gasteiger partial charge >= 0.3 is 11.9 Å². The van der Waals surface area contributed by atoms with Crippen LogP contribution in [0.2, 0.25) is 0 Å². The Bertz CT molecular complexity index is 837. The number of aliphatic hydroxyl groups excluding tert-OH is 1. The van der Waals surface area contributed by atoms with Crippen LogP contribution in [-0.2, 0) is 23.4 Å². The molecule has 1 aliphatic heterocycles. The molecule has 29 heavy (non-hydrogen) atoms. The highest BCUT2D eigenvalue weighted by Gasteiger charge is 2.37. The topological polar surface area (TPSA) is 249 Å². The zero-order chi connectivity index (χ0) is 21.9. The highest BCUT2D eigenvalue weighted by Crippen LogP contribution is 2.34. The van der Waals surface area contributed by atoms with Gasteiger partial charge in [0.05, 0.1) is 33.3 Å². The first-order chi connectivity index (χ1) is 13.4. The lowest BCUT2D eigenvalue weighted by atomic mass is 10.2. The van der Waals surface area contributed by atoms with Gasteiger partial charge in [-0.1, -0.05) is 0 Å². The maximum absolute atomic E-state index is 12.2. The molecule has 1 aromatic heterocycles. The van der Waals surface area contributed by atoms with Gasteiger partial charge in [-0.15, -0.1) is 0 Å². The van der Waals surface area contributed by atoms with Crippen LogP contribution in [0.15, 0.2) is 6.33 Å². The van der Waals surface area contributed by atoms with Crippen LogP contribution >= 0.6 is 7.82 Å². The summed E-state index contributed by atoms with van der Waals surface area (Å²) in [6, 6.07) is -1.72. The number of aromatic nitrogens is 2. The number of aliphatic carboxylic acids is 2. The molecule has 1 fully saturated rings. The predicted octanol–water partition coefficient (Wildman–Crippen LogP) is -3.38. The third-order valence-electron chi connectivity index (χ3n) is 3.94. The van der Waals surface area contributed by atoms with Crippen molar-refractivity contribution in [1.29, 1.82) is 0 Å². The average molecular weight is 436 g/mol. The van der Waals surface area contributed by atoms with E-state index in [0.717, 1.165) is 10.9 Å². The van der Waals surface area contributed by atoms with Gasteiger partial charge in [-0.3, -0.25) is 14.2 Å². The van der Waals surface area contributed by atoms with Crippen molar-refractivity contribution in [2.45, 2.75) is 37.3 Å². The molecule has 1 saturated heterocycles. The van der Waals surface area contributed by atoms with Crippen LogP contribution in [0.1, 0.15) is 29.6 Å². The standard InChI is InChI=1S/C13H19N4O11P/c14-11-10(12(21)16-5(13(22)23)1-9(19)20)15-4-17(11)8-2-6(18)7(28-8)3-27-29(24,25)26/h4-8,18H,1-3,14H2,(H,16,21)(H,19,20)(H,22,23)(H2,24,25,26)/p-2/t5?,6-,7-,8-/m1/s1. The molecule has 0 aliphatic carbocycles. The number of imidazole rings is 1. The minimum absolute atomic E-state index is 0.103. The number of nitrogens with two attached hydrogens (primary N) is 1. The number of carboxylic acid groups (broad SMARTS) is 2. The number of nitrogens with zero attached hydrogens (tertiary/aromatic N) is 2. The van der Waals surface area contributed by atoms with Crippen molar-refractivity contribution in [2.24, 2.45) is 0 Å². The molecule has 1 unspecified atom stereocenters. The number of carbonyl (C=O) groups is 3. The molecular formula is C13H17N4O11P-2. The summed E-state index contributed by atoms with van der Waals surface area (Å²) in [7, 11) is -5.26. The van der Waals surface area contributed by atoms with Crippen LogP contribution in [0.5, 0.6) is 0 Å². The fourth-order valence-electron chi connectivity index (χ4n) is 2.58. The summed E-state index contributed by atoms with van der Waals surface area (Å²) < 4.78 is 21.1. The van der Waals surface area contributed by atoms with Crippen LogP contribution in [0.3, 0.4) is 0 Å². The monoisotopic (exact) mass is 436 g/mol. The van der Waals surface area contributed by atoms with Gasteiger partial charge in [0.15, 0.2) is 5.69 Å². The van der Waals surface area contributed by atoms with E-state index in [2.05, 4.69) is 9.51 Å². The van der Waals surface area contributed by atoms with Crippen molar-refractivity contribution in [1.82, 2.24) is 14.9 Å². The lowest BCUT2D eigenvalue weighted by molar-refractivity contribution is -0.343. The number of carboxylic acids is 2. The number of hydrogen-bond donors (Lipinski definition) is 5. The SMILES string of the molecule is Nc1c(C(=O)NC(CC(=O)O)C(=O)O)ncn1[C@H]1C[C@@H](O)[C@@H](COP(=O)([O-])[O-])O1. The van der Waals surface area contributed by atoms with E-state index in [1.54, 1.807) is 0 Å². The molecule has 6 N–H and O–H groups in total. The third kappa shape index (κ3) is 5.96. The van der Waals surface area contributed by atoms with Gasteiger partial charge < -0.3 is 50.0 Å². The lowest BCUT2D eigenvalue weighted by Gasteiger charge is -2.30. The quantitative estimate of drug-likeness (QED) is 0.237. The van der Waals surface area contributed by atoms with Gasteiger partial charge in [0, 0.05) is 6.42 Å². The number of aliphatic hydroxyl groups is 1. The Kier molecular flexibility index (Phi) is 6.94. The Morgan fingerprint density at radius 1 is 1.45 bits per heavy atom. The van der Waals surface area contributed by atoms with Gasteiger partial charge in [0.2, 0.25) is 0 Å². The zero-order valence-electron chi connectivity index (χ0n) is 14.5. The predicted molar refractivity (Wildman–Crippen MR) is 85.9 cm³/mol. The number of amides is 1. The van der Waals surface area contributed by atoms with E-state index in [-0.39, 0.29) is 12.2 Å². The molecule has 2 heterocycles.